The minimum atomic E-state index is -0.509. The van der Waals surface area contributed by atoms with E-state index >= 15 is 0 Å². The second kappa shape index (κ2) is 9.85. The van der Waals surface area contributed by atoms with Gasteiger partial charge in [-0.2, -0.15) is 5.10 Å². The molecule has 1 aliphatic rings. The number of aromatic nitrogens is 3. The van der Waals surface area contributed by atoms with Crippen LogP contribution in [0, 0.1) is 5.82 Å². The lowest BCUT2D eigenvalue weighted by atomic mass is 9.95. The van der Waals surface area contributed by atoms with E-state index in [2.05, 4.69) is 20.1 Å². The Balaban J connectivity index is 1.41. The van der Waals surface area contributed by atoms with Gasteiger partial charge in [-0.3, -0.25) is 9.59 Å². The Morgan fingerprint density at radius 3 is 2.67 bits per heavy atom. The molecule has 5 rings (SSSR count). The number of H-pyrrole nitrogens is 1. The topological polar surface area (TPSA) is 115 Å². The van der Waals surface area contributed by atoms with Crippen LogP contribution in [0.5, 0.6) is 5.75 Å². The fourth-order valence-electron chi connectivity index (χ4n) is 5.04. The number of nitrogens with one attached hydrogen (secondary N) is 2. The van der Waals surface area contributed by atoms with Gasteiger partial charge in [-0.15, -0.1) is 0 Å². The molecule has 0 unspecified atom stereocenters. The Morgan fingerprint density at radius 1 is 1.19 bits per heavy atom. The number of nitrogen functional groups attached to an aromatic ring is 1. The third-order valence-corrected chi connectivity index (χ3v) is 6.87. The number of anilines is 1. The predicted molar refractivity (Wildman–Crippen MR) is 136 cm³/mol. The Hall–Kier alpha value is -4.14. The zero-order valence-corrected chi connectivity index (χ0v) is 20.0. The molecule has 0 radical (unpaired) electrons. The number of methoxy groups -OCH3 is 1. The fourth-order valence-corrected chi connectivity index (χ4v) is 5.04. The summed E-state index contributed by atoms with van der Waals surface area (Å²) in [6, 6.07) is 11.8. The molecule has 9 heteroatoms. The summed E-state index contributed by atoms with van der Waals surface area (Å²) in [7, 11) is 1.43. The van der Waals surface area contributed by atoms with Gasteiger partial charge in [-0.25, -0.2) is 9.49 Å². The number of ether oxygens (including phenoxy) is 1. The molecule has 0 atom stereocenters. The molecule has 1 amide bonds. The van der Waals surface area contributed by atoms with E-state index in [9.17, 15) is 14.0 Å². The molecule has 2 aromatic heterocycles. The van der Waals surface area contributed by atoms with Crippen LogP contribution in [0.3, 0.4) is 0 Å². The van der Waals surface area contributed by atoms with Crippen molar-refractivity contribution in [3.8, 4) is 16.9 Å². The molecule has 4 N–H and O–H groups in total. The zero-order chi connectivity index (χ0) is 25.2. The van der Waals surface area contributed by atoms with Gasteiger partial charge in [0.05, 0.1) is 18.1 Å². The predicted octanol–water partition coefficient (Wildman–Crippen LogP) is 4.56. The maximum atomic E-state index is 13.6. The highest BCUT2D eigenvalue weighted by Crippen LogP contribution is 2.37. The standard InChI is InChI=1S/C27H28FN5O3/c1-36-22-12-11-18(28)13-20(22)26(34)30-14-16-7-9-17(10-8-16)21-15-33(19-5-3-2-4-6-19)24-23(21)25(29)31-32-27(24)35/h7-13,15,19H,2-6,14H2,1H3,(H2,29,31)(H,30,34)(H,32,35). The van der Waals surface area contributed by atoms with E-state index in [0.717, 1.165) is 48.4 Å². The van der Waals surface area contributed by atoms with Crippen LogP contribution in [-0.4, -0.2) is 27.8 Å². The van der Waals surface area contributed by atoms with E-state index in [1.165, 1.54) is 25.7 Å². The monoisotopic (exact) mass is 489 g/mol. The molecule has 4 aromatic rings. The van der Waals surface area contributed by atoms with Crippen molar-refractivity contribution >= 4 is 22.6 Å². The van der Waals surface area contributed by atoms with E-state index in [4.69, 9.17) is 10.5 Å². The van der Waals surface area contributed by atoms with Gasteiger partial charge in [0.25, 0.3) is 11.5 Å². The molecule has 2 aromatic carbocycles. The van der Waals surface area contributed by atoms with Gasteiger partial charge < -0.3 is 20.4 Å². The van der Waals surface area contributed by atoms with Gasteiger partial charge in [0.2, 0.25) is 0 Å². The third-order valence-electron chi connectivity index (χ3n) is 6.87. The first-order valence-electron chi connectivity index (χ1n) is 12.1. The largest absolute Gasteiger partial charge is 0.496 e. The summed E-state index contributed by atoms with van der Waals surface area (Å²) in [5.41, 5.74) is 9.29. The Labute approximate surface area is 207 Å². The molecule has 0 spiro atoms. The lowest BCUT2D eigenvalue weighted by Gasteiger charge is -2.23. The van der Waals surface area contributed by atoms with Crippen molar-refractivity contribution < 1.29 is 13.9 Å². The van der Waals surface area contributed by atoms with Crippen molar-refractivity contribution in [3.63, 3.8) is 0 Å². The summed E-state index contributed by atoms with van der Waals surface area (Å²) >= 11 is 0. The van der Waals surface area contributed by atoms with Crippen molar-refractivity contribution in [2.75, 3.05) is 12.8 Å². The van der Waals surface area contributed by atoms with Crippen LogP contribution < -0.4 is 21.3 Å². The summed E-state index contributed by atoms with van der Waals surface area (Å²) in [6.45, 7) is 0.256. The third kappa shape index (κ3) is 4.44. The van der Waals surface area contributed by atoms with Crippen molar-refractivity contribution in [2.24, 2.45) is 0 Å². The molecule has 0 saturated heterocycles. The number of hydrogen-bond acceptors (Lipinski definition) is 5. The number of benzene rings is 2. The first-order chi connectivity index (χ1) is 17.5. The van der Waals surface area contributed by atoms with Gasteiger partial charge in [0, 0.05) is 24.3 Å². The number of hydrogen-bond donors (Lipinski definition) is 3. The number of halogens is 1. The summed E-state index contributed by atoms with van der Waals surface area (Å²) in [4.78, 5) is 25.4. The van der Waals surface area contributed by atoms with Crippen LogP contribution in [-0.2, 0) is 6.54 Å². The maximum absolute atomic E-state index is 13.6. The quantitative estimate of drug-likeness (QED) is 0.367. The second-order valence-electron chi connectivity index (χ2n) is 9.13. The van der Waals surface area contributed by atoms with Crippen molar-refractivity contribution in [1.82, 2.24) is 20.1 Å². The van der Waals surface area contributed by atoms with E-state index in [0.29, 0.717) is 16.7 Å². The second-order valence-corrected chi connectivity index (χ2v) is 9.13. The highest BCUT2D eigenvalue weighted by atomic mass is 19.1. The molecule has 1 fully saturated rings. The minimum Gasteiger partial charge on any atom is -0.496 e. The smallest absolute Gasteiger partial charge is 0.288 e. The lowest BCUT2D eigenvalue weighted by Crippen LogP contribution is -2.23. The average molecular weight is 490 g/mol. The molecule has 0 aliphatic heterocycles. The van der Waals surface area contributed by atoms with E-state index in [1.54, 1.807) is 0 Å². The van der Waals surface area contributed by atoms with Crippen molar-refractivity contribution in [3.05, 3.63) is 76.0 Å². The number of aromatic amines is 1. The van der Waals surface area contributed by atoms with Crippen LogP contribution in [0.1, 0.15) is 54.1 Å². The van der Waals surface area contributed by atoms with Crippen molar-refractivity contribution in [1.29, 1.82) is 0 Å². The first-order valence-corrected chi connectivity index (χ1v) is 12.1. The van der Waals surface area contributed by atoms with Crippen LogP contribution in [0.4, 0.5) is 10.2 Å². The summed E-state index contributed by atoms with van der Waals surface area (Å²) in [6.07, 6.45) is 7.56. The number of carbonyl (C=O) groups excluding carboxylic acids is 1. The minimum absolute atomic E-state index is 0.137. The number of fused-ring (bicyclic) bond motifs is 1. The van der Waals surface area contributed by atoms with Gasteiger partial charge in [-0.05, 0) is 42.2 Å². The number of rotatable bonds is 6. The highest BCUT2D eigenvalue weighted by molar-refractivity contribution is 6.02. The van der Waals surface area contributed by atoms with Gasteiger partial charge in [-0.1, -0.05) is 43.5 Å². The number of amides is 1. The van der Waals surface area contributed by atoms with Crippen molar-refractivity contribution in [2.45, 2.75) is 44.7 Å². The first kappa shape index (κ1) is 23.6. The van der Waals surface area contributed by atoms with Crippen LogP contribution in [0.2, 0.25) is 0 Å². The van der Waals surface area contributed by atoms with Gasteiger partial charge in [0.15, 0.2) is 5.82 Å². The van der Waals surface area contributed by atoms with Gasteiger partial charge >= 0.3 is 0 Å². The molecule has 1 aliphatic carbocycles. The maximum Gasteiger partial charge on any atom is 0.288 e. The fraction of sp³-hybridized carbons (Fsp3) is 0.296. The molecular weight excluding hydrogens is 461 g/mol. The zero-order valence-electron chi connectivity index (χ0n) is 20.0. The normalized spacial score (nSPS) is 14.2. The van der Waals surface area contributed by atoms with Crippen LogP contribution in [0.25, 0.3) is 22.0 Å². The summed E-state index contributed by atoms with van der Waals surface area (Å²) in [5.74, 6) is -0.344. The molecule has 0 bridgehead atoms. The molecular formula is C27H28FN5O3. The number of nitrogens with two attached hydrogens (primary N) is 1. The summed E-state index contributed by atoms with van der Waals surface area (Å²) in [5, 5.41) is 9.99. The van der Waals surface area contributed by atoms with E-state index < -0.39 is 11.7 Å². The molecule has 8 nitrogen and oxygen atoms in total. The van der Waals surface area contributed by atoms with Gasteiger partial charge in [0.1, 0.15) is 17.1 Å². The Morgan fingerprint density at radius 2 is 1.94 bits per heavy atom. The Bertz CT molecular complexity index is 1470. The molecule has 36 heavy (non-hydrogen) atoms. The highest BCUT2D eigenvalue weighted by Gasteiger charge is 2.23. The SMILES string of the molecule is COc1ccc(F)cc1C(=O)NCc1ccc(-c2cn(C3CCCCC3)c3c(=O)[nH]nc(N)c23)cc1. The number of nitrogens with zero attached hydrogens (tertiary/aromatic N) is 2. The van der Waals surface area contributed by atoms with Crippen LogP contribution in [0.15, 0.2) is 53.5 Å². The Kier molecular flexibility index (Phi) is 6.45. The summed E-state index contributed by atoms with van der Waals surface area (Å²) < 4.78 is 20.9. The molecule has 186 valence electrons. The lowest BCUT2D eigenvalue weighted by molar-refractivity contribution is 0.0947. The van der Waals surface area contributed by atoms with Crippen LogP contribution >= 0.6 is 0 Å². The van der Waals surface area contributed by atoms with E-state index in [-0.39, 0.29) is 29.5 Å². The molecule has 1 saturated carbocycles. The van der Waals surface area contributed by atoms with E-state index in [1.807, 2.05) is 30.5 Å². The average Bonchev–Trinajstić information content (AvgIpc) is 3.32. The molecule has 2 heterocycles. The number of carbonyl (C=O) groups is 1.